The molecular weight excluding hydrogens is 321 g/mol. The van der Waals surface area contributed by atoms with Crippen molar-refractivity contribution in [3.63, 3.8) is 0 Å². The van der Waals surface area contributed by atoms with Crippen LogP contribution in [0.3, 0.4) is 0 Å². The van der Waals surface area contributed by atoms with E-state index in [0.717, 1.165) is 18.9 Å². The Bertz CT molecular complexity index is 751. The summed E-state index contributed by atoms with van der Waals surface area (Å²) in [6.07, 6.45) is 8.00. The van der Waals surface area contributed by atoms with E-state index in [1.807, 2.05) is 0 Å². The molecule has 1 aromatic rings. The number of terminal acetylenes is 1. The van der Waals surface area contributed by atoms with E-state index in [-0.39, 0.29) is 39.8 Å². The number of imide groups is 1. The molecule has 0 spiro atoms. The molecular formula is C17H14ClFNO3+. The van der Waals surface area contributed by atoms with Gasteiger partial charge in [0, 0.05) is 12.1 Å². The van der Waals surface area contributed by atoms with Gasteiger partial charge in [-0.15, -0.1) is 6.42 Å². The van der Waals surface area contributed by atoms with E-state index in [0.29, 0.717) is 24.0 Å². The van der Waals surface area contributed by atoms with Crippen LogP contribution >= 0.6 is 11.6 Å². The van der Waals surface area contributed by atoms with Gasteiger partial charge in [-0.2, -0.15) is 4.90 Å². The van der Waals surface area contributed by atoms with Gasteiger partial charge in [-0.1, -0.05) is 17.5 Å². The lowest BCUT2D eigenvalue weighted by Crippen LogP contribution is -3.11. The number of nitrogens with one attached hydrogen (secondary N) is 1. The number of hydrogen-bond donors (Lipinski definition) is 1. The van der Waals surface area contributed by atoms with E-state index in [2.05, 4.69) is 5.92 Å². The standard InChI is InChI=1S/C17H13ClFNO3/c1-2-7-23-15-9-14(13(19)8-12(15)18)20-16(21)10-5-3-4-6-11(10)17(20)22/h1,8-9H,3-7H2/p+1. The van der Waals surface area contributed by atoms with Gasteiger partial charge in [0.2, 0.25) is 0 Å². The minimum absolute atomic E-state index is 0.0396. The van der Waals surface area contributed by atoms with Gasteiger partial charge in [-0.25, -0.2) is 14.0 Å². The highest BCUT2D eigenvalue weighted by molar-refractivity contribution is 6.32. The molecule has 1 aliphatic carbocycles. The van der Waals surface area contributed by atoms with Crippen LogP contribution in [0.15, 0.2) is 23.3 Å². The molecule has 0 unspecified atom stereocenters. The molecule has 118 valence electrons. The lowest BCUT2D eigenvalue weighted by molar-refractivity contribution is -0.657. The molecule has 3 rings (SSSR count). The van der Waals surface area contributed by atoms with Crippen LogP contribution in [-0.4, -0.2) is 18.4 Å². The highest BCUT2D eigenvalue weighted by Crippen LogP contribution is 2.32. The molecule has 1 heterocycles. The maximum Gasteiger partial charge on any atom is 0.353 e. The number of benzene rings is 1. The van der Waals surface area contributed by atoms with E-state index in [1.54, 1.807) is 0 Å². The van der Waals surface area contributed by atoms with E-state index in [9.17, 15) is 14.0 Å². The monoisotopic (exact) mass is 334 g/mol. The Hall–Kier alpha value is -2.16. The zero-order valence-corrected chi connectivity index (χ0v) is 13.0. The third kappa shape index (κ3) is 2.65. The van der Waals surface area contributed by atoms with Crippen molar-refractivity contribution in [1.29, 1.82) is 0 Å². The number of rotatable bonds is 3. The summed E-state index contributed by atoms with van der Waals surface area (Å²) >= 11 is 5.92. The number of amides is 2. The molecule has 4 nitrogen and oxygen atoms in total. The predicted molar refractivity (Wildman–Crippen MR) is 81.9 cm³/mol. The summed E-state index contributed by atoms with van der Waals surface area (Å²) in [5.74, 6) is 0.950. The van der Waals surface area contributed by atoms with Crippen molar-refractivity contribution in [3.05, 3.63) is 34.1 Å². The highest BCUT2D eigenvalue weighted by atomic mass is 35.5. The van der Waals surface area contributed by atoms with Gasteiger partial charge >= 0.3 is 11.8 Å². The molecule has 6 heteroatoms. The number of halogens is 2. The van der Waals surface area contributed by atoms with Crippen LogP contribution in [0.5, 0.6) is 5.75 Å². The van der Waals surface area contributed by atoms with Gasteiger partial charge < -0.3 is 4.74 Å². The fourth-order valence-electron chi connectivity index (χ4n) is 3.01. The SMILES string of the molecule is C#CCOc1cc([NH+]2C(=O)C3=C(CCCC3)C2=O)c(F)cc1Cl. The van der Waals surface area contributed by atoms with Crippen molar-refractivity contribution in [2.75, 3.05) is 6.61 Å². The zero-order chi connectivity index (χ0) is 16.6. The topological polar surface area (TPSA) is 47.8 Å². The molecule has 1 aromatic carbocycles. The molecule has 2 aliphatic rings. The van der Waals surface area contributed by atoms with E-state index < -0.39 is 5.82 Å². The van der Waals surface area contributed by atoms with Crippen LogP contribution in [0.1, 0.15) is 25.7 Å². The predicted octanol–water partition coefficient (Wildman–Crippen LogP) is 1.94. The first-order valence-electron chi connectivity index (χ1n) is 7.28. The summed E-state index contributed by atoms with van der Waals surface area (Å²) < 4.78 is 19.6. The van der Waals surface area contributed by atoms with Gasteiger partial charge in [0.25, 0.3) is 0 Å². The van der Waals surface area contributed by atoms with Crippen LogP contribution in [0.2, 0.25) is 5.02 Å². The second-order valence-electron chi connectivity index (χ2n) is 5.45. The second kappa shape index (κ2) is 6.15. The van der Waals surface area contributed by atoms with Crippen molar-refractivity contribution in [2.24, 2.45) is 0 Å². The van der Waals surface area contributed by atoms with Gasteiger partial charge in [0.05, 0.1) is 16.2 Å². The Kier molecular flexibility index (Phi) is 4.20. The maximum atomic E-state index is 14.3. The summed E-state index contributed by atoms with van der Waals surface area (Å²) in [6.45, 7) is -0.0449. The van der Waals surface area contributed by atoms with Crippen LogP contribution in [0, 0.1) is 18.2 Å². The molecule has 2 amide bonds. The summed E-state index contributed by atoms with van der Waals surface area (Å²) in [5.41, 5.74) is 0.971. The first kappa shape index (κ1) is 15.7. The fraction of sp³-hybridized carbons (Fsp3) is 0.294. The summed E-state index contributed by atoms with van der Waals surface area (Å²) in [6, 6.07) is 2.31. The largest absolute Gasteiger partial charge is 0.479 e. The van der Waals surface area contributed by atoms with E-state index >= 15 is 0 Å². The normalized spacial score (nSPS) is 18.1. The maximum absolute atomic E-state index is 14.3. The molecule has 0 bridgehead atoms. The molecule has 23 heavy (non-hydrogen) atoms. The third-order valence-corrected chi connectivity index (χ3v) is 4.37. The first-order valence-corrected chi connectivity index (χ1v) is 7.66. The average Bonchev–Trinajstić information content (AvgIpc) is 2.79. The van der Waals surface area contributed by atoms with Crippen molar-refractivity contribution in [1.82, 2.24) is 0 Å². The van der Waals surface area contributed by atoms with Crippen molar-refractivity contribution < 1.29 is 23.6 Å². The fourth-order valence-corrected chi connectivity index (χ4v) is 3.21. The van der Waals surface area contributed by atoms with Gasteiger partial charge in [-0.3, -0.25) is 0 Å². The zero-order valence-electron chi connectivity index (χ0n) is 12.2. The Morgan fingerprint density at radius 1 is 1.22 bits per heavy atom. The number of quaternary nitrogens is 1. The van der Waals surface area contributed by atoms with Gasteiger partial charge in [0.15, 0.2) is 11.5 Å². The minimum atomic E-state index is -0.723. The molecule has 0 fully saturated rings. The Morgan fingerprint density at radius 3 is 2.39 bits per heavy atom. The second-order valence-corrected chi connectivity index (χ2v) is 5.86. The molecule has 1 aliphatic heterocycles. The smallest absolute Gasteiger partial charge is 0.353 e. The number of ether oxygens (including phenoxy) is 1. The van der Waals surface area contributed by atoms with Crippen molar-refractivity contribution >= 4 is 29.1 Å². The molecule has 0 atom stereocenters. The van der Waals surface area contributed by atoms with Crippen molar-refractivity contribution in [3.8, 4) is 18.1 Å². The molecule has 0 aromatic heterocycles. The van der Waals surface area contributed by atoms with Crippen LogP contribution in [-0.2, 0) is 9.59 Å². The number of carbonyl (C=O) groups excluding carboxylic acids is 2. The number of carbonyl (C=O) groups is 2. The molecule has 0 saturated carbocycles. The van der Waals surface area contributed by atoms with Crippen LogP contribution in [0.4, 0.5) is 10.1 Å². The summed E-state index contributed by atoms with van der Waals surface area (Å²) in [5, 5.41) is 0.0396. The van der Waals surface area contributed by atoms with Crippen LogP contribution in [0.25, 0.3) is 0 Å². The lowest BCUT2D eigenvalue weighted by atomic mass is 9.93. The van der Waals surface area contributed by atoms with Gasteiger partial charge in [0.1, 0.15) is 12.4 Å². The third-order valence-electron chi connectivity index (χ3n) is 4.07. The summed E-state index contributed by atoms with van der Waals surface area (Å²) in [4.78, 5) is 24.9. The number of hydrogen-bond acceptors (Lipinski definition) is 3. The Labute approximate surface area is 137 Å². The lowest BCUT2D eigenvalue weighted by Gasteiger charge is -2.12. The molecule has 1 N–H and O–H groups in total. The van der Waals surface area contributed by atoms with Gasteiger partial charge in [-0.05, 0) is 25.7 Å². The van der Waals surface area contributed by atoms with E-state index in [1.165, 1.54) is 6.07 Å². The quantitative estimate of drug-likeness (QED) is 0.679. The first-order chi connectivity index (χ1) is 11.0. The van der Waals surface area contributed by atoms with Crippen molar-refractivity contribution in [2.45, 2.75) is 25.7 Å². The van der Waals surface area contributed by atoms with E-state index in [4.69, 9.17) is 22.8 Å². The summed E-state index contributed by atoms with van der Waals surface area (Å²) in [7, 11) is 0. The molecule has 0 saturated heterocycles. The average molecular weight is 335 g/mol. The minimum Gasteiger partial charge on any atom is -0.479 e. The Balaban J connectivity index is 2.01. The van der Waals surface area contributed by atoms with Crippen LogP contribution < -0.4 is 9.64 Å². The highest BCUT2D eigenvalue weighted by Gasteiger charge is 2.47. The molecule has 0 radical (unpaired) electrons. The Morgan fingerprint density at radius 2 is 1.83 bits per heavy atom.